The SMILES string of the molecule is CC(C)c1cc(Cl)ccc1N1CCC2(CCN(C(=O)OC(C)(C)C)C2)CC1. The first kappa shape index (κ1) is 20.3. The molecule has 3 rings (SSSR count). The number of rotatable bonds is 2. The summed E-state index contributed by atoms with van der Waals surface area (Å²) in [6, 6.07) is 6.26. The number of piperidine rings is 1. The zero-order chi connectivity index (χ0) is 19.8. The molecule has 1 spiro atoms. The van der Waals surface area contributed by atoms with Gasteiger partial charge >= 0.3 is 6.09 Å². The van der Waals surface area contributed by atoms with Crippen LogP contribution in [-0.2, 0) is 4.74 Å². The molecule has 0 saturated carbocycles. The van der Waals surface area contributed by atoms with Crippen LogP contribution in [0.4, 0.5) is 10.5 Å². The Labute approximate surface area is 168 Å². The second kappa shape index (κ2) is 7.54. The van der Waals surface area contributed by atoms with Crippen LogP contribution in [-0.4, -0.2) is 42.8 Å². The number of carbonyl (C=O) groups excluding carboxylic acids is 1. The minimum Gasteiger partial charge on any atom is -0.444 e. The Hall–Kier alpha value is -1.42. The van der Waals surface area contributed by atoms with Gasteiger partial charge in [0.05, 0.1) is 0 Å². The van der Waals surface area contributed by atoms with E-state index in [0.29, 0.717) is 5.92 Å². The van der Waals surface area contributed by atoms with Gasteiger partial charge in [-0.15, -0.1) is 0 Å². The lowest BCUT2D eigenvalue weighted by Crippen LogP contribution is -2.43. The molecular formula is C22H33ClN2O2. The molecule has 0 N–H and O–H groups in total. The molecular weight excluding hydrogens is 360 g/mol. The van der Waals surface area contributed by atoms with Gasteiger partial charge in [-0.25, -0.2) is 4.79 Å². The number of carbonyl (C=O) groups is 1. The maximum atomic E-state index is 12.4. The molecule has 0 radical (unpaired) electrons. The number of halogens is 1. The van der Waals surface area contributed by atoms with Gasteiger partial charge < -0.3 is 14.5 Å². The number of benzene rings is 1. The summed E-state index contributed by atoms with van der Waals surface area (Å²) in [5.74, 6) is 0.448. The predicted octanol–water partition coefficient (Wildman–Crippen LogP) is 5.69. The summed E-state index contributed by atoms with van der Waals surface area (Å²) in [5.41, 5.74) is 2.45. The van der Waals surface area contributed by atoms with Crippen LogP contribution in [0.15, 0.2) is 18.2 Å². The molecule has 0 aromatic heterocycles. The van der Waals surface area contributed by atoms with Gasteiger partial charge in [-0.3, -0.25) is 0 Å². The van der Waals surface area contributed by atoms with E-state index in [-0.39, 0.29) is 11.5 Å². The molecule has 1 amide bonds. The number of amides is 1. The van der Waals surface area contributed by atoms with Crippen LogP contribution < -0.4 is 4.90 Å². The van der Waals surface area contributed by atoms with Gasteiger partial charge in [-0.05, 0) is 75.1 Å². The minimum absolute atomic E-state index is 0.165. The zero-order valence-corrected chi connectivity index (χ0v) is 18.1. The third kappa shape index (κ3) is 4.71. The highest BCUT2D eigenvalue weighted by Crippen LogP contribution is 2.43. The molecule has 0 bridgehead atoms. The molecule has 2 fully saturated rings. The lowest BCUT2D eigenvalue weighted by molar-refractivity contribution is 0.0266. The van der Waals surface area contributed by atoms with Crippen LogP contribution in [0.2, 0.25) is 5.02 Å². The molecule has 2 saturated heterocycles. The van der Waals surface area contributed by atoms with E-state index in [1.807, 2.05) is 31.7 Å². The first-order chi connectivity index (χ1) is 12.6. The minimum atomic E-state index is -0.433. The topological polar surface area (TPSA) is 32.8 Å². The second-order valence-corrected chi connectivity index (χ2v) is 9.93. The predicted molar refractivity (Wildman–Crippen MR) is 112 cm³/mol. The van der Waals surface area contributed by atoms with E-state index < -0.39 is 5.60 Å². The fraction of sp³-hybridized carbons (Fsp3) is 0.682. The third-order valence-electron chi connectivity index (χ3n) is 5.87. The molecule has 1 aromatic rings. The van der Waals surface area contributed by atoms with Crippen molar-refractivity contribution in [3.63, 3.8) is 0 Å². The van der Waals surface area contributed by atoms with E-state index in [1.165, 1.54) is 11.3 Å². The quantitative estimate of drug-likeness (QED) is 0.648. The van der Waals surface area contributed by atoms with Crippen LogP contribution in [0.1, 0.15) is 65.4 Å². The normalized spacial score (nSPS) is 19.8. The lowest BCUT2D eigenvalue weighted by atomic mass is 9.77. The molecule has 0 unspecified atom stereocenters. The summed E-state index contributed by atoms with van der Waals surface area (Å²) in [7, 11) is 0. The maximum absolute atomic E-state index is 12.4. The number of ether oxygens (including phenoxy) is 1. The zero-order valence-electron chi connectivity index (χ0n) is 17.3. The van der Waals surface area contributed by atoms with Crippen LogP contribution >= 0.6 is 11.6 Å². The fourth-order valence-corrected chi connectivity index (χ4v) is 4.50. The lowest BCUT2D eigenvalue weighted by Gasteiger charge is -2.41. The number of anilines is 1. The molecule has 0 aliphatic carbocycles. The summed E-state index contributed by atoms with van der Waals surface area (Å²) < 4.78 is 5.56. The van der Waals surface area contributed by atoms with Crippen LogP contribution in [0.5, 0.6) is 0 Å². The van der Waals surface area contributed by atoms with Crippen molar-refractivity contribution in [1.82, 2.24) is 4.90 Å². The number of likely N-dealkylation sites (tertiary alicyclic amines) is 1. The van der Waals surface area contributed by atoms with Crippen LogP contribution in [0, 0.1) is 5.41 Å². The van der Waals surface area contributed by atoms with Crippen molar-refractivity contribution in [3.8, 4) is 0 Å². The molecule has 2 aliphatic heterocycles. The van der Waals surface area contributed by atoms with Gasteiger partial charge in [0.1, 0.15) is 5.60 Å². The molecule has 2 aliphatic rings. The van der Waals surface area contributed by atoms with Crippen molar-refractivity contribution in [2.45, 2.75) is 65.4 Å². The van der Waals surface area contributed by atoms with Gasteiger partial charge in [-0.2, -0.15) is 0 Å². The second-order valence-electron chi connectivity index (χ2n) is 9.50. The van der Waals surface area contributed by atoms with Crippen molar-refractivity contribution >= 4 is 23.4 Å². The van der Waals surface area contributed by atoms with E-state index >= 15 is 0 Å². The molecule has 150 valence electrons. The summed E-state index contributed by atoms with van der Waals surface area (Å²) in [5, 5.41) is 0.805. The summed E-state index contributed by atoms with van der Waals surface area (Å²) in [4.78, 5) is 16.8. The Morgan fingerprint density at radius 1 is 1.15 bits per heavy atom. The van der Waals surface area contributed by atoms with Crippen molar-refractivity contribution < 1.29 is 9.53 Å². The van der Waals surface area contributed by atoms with Crippen molar-refractivity contribution in [3.05, 3.63) is 28.8 Å². The largest absolute Gasteiger partial charge is 0.444 e. The number of nitrogens with zero attached hydrogens (tertiary/aromatic N) is 2. The Kier molecular flexibility index (Phi) is 5.67. The Morgan fingerprint density at radius 2 is 1.78 bits per heavy atom. The first-order valence-corrected chi connectivity index (χ1v) is 10.5. The molecule has 27 heavy (non-hydrogen) atoms. The van der Waals surface area contributed by atoms with Crippen LogP contribution in [0.25, 0.3) is 0 Å². The number of hydrogen-bond donors (Lipinski definition) is 0. The van der Waals surface area contributed by atoms with Crippen molar-refractivity contribution in [2.24, 2.45) is 5.41 Å². The Bertz CT molecular complexity index is 688. The van der Waals surface area contributed by atoms with Crippen LogP contribution in [0.3, 0.4) is 0 Å². The third-order valence-corrected chi connectivity index (χ3v) is 6.10. The Morgan fingerprint density at radius 3 is 2.37 bits per heavy atom. The van der Waals surface area contributed by atoms with Gasteiger partial charge in [0.2, 0.25) is 0 Å². The fourth-order valence-electron chi connectivity index (χ4n) is 4.32. The monoisotopic (exact) mass is 392 g/mol. The molecule has 0 atom stereocenters. The highest BCUT2D eigenvalue weighted by atomic mass is 35.5. The van der Waals surface area contributed by atoms with E-state index in [2.05, 4.69) is 30.9 Å². The summed E-state index contributed by atoms with van der Waals surface area (Å²) in [6.45, 7) is 13.9. The average molecular weight is 393 g/mol. The molecule has 2 heterocycles. The van der Waals surface area contributed by atoms with E-state index in [0.717, 1.165) is 50.5 Å². The molecule has 5 heteroatoms. The molecule has 1 aromatic carbocycles. The van der Waals surface area contributed by atoms with Gasteiger partial charge in [-0.1, -0.05) is 25.4 Å². The van der Waals surface area contributed by atoms with E-state index in [4.69, 9.17) is 16.3 Å². The van der Waals surface area contributed by atoms with Crippen molar-refractivity contribution in [1.29, 1.82) is 0 Å². The van der Waals surface area contributed by atoms with Gasteiger partial charge in [0, 0.05) is 36.9 Å². The standard InChI is InChI=1S/C22H33ClN2O2/c1-16(2)18-14-17(23)6-7-19(18)24-11-8-22(9-12-24)10-13-25(15-22)20(26)27-21(3,4)5/h6-7,14,16H,8-13,15H2,1-5H3. The maximum Gasteiger partial charge on any atom is 0.410 e. The average Bonchev–Trinajstić information content (AvgIpc) is 2.98. The Balaban J connectivity index is 1.64. The highest BCUT2D eigenvalue weighted by Gasteiger charge is 2.43. The smallest absolute Gasteiger partial charge is 0.410 e. The number of hydrogen-bond acceptors (Lipinski definition) is 3. The summed E-state index contributed by atoms with van der Waals surface area (Å²) in [6.07, 6.45) is 3.15. The molecule has 4 nitrogen and oxygen atoms in total. The highest BCUT2D eigenvalue weighted by molar-refractivity contribution is 6.30. The van der Waals surface area contributed by atoms with Gasteiger partial charge in [0.25, 0.3) is 0 Å². The van der Waals surface area contributed by atoms with E-state index in [1.54, 1.807) is 0 Å². The first-order valence-electron chi connectivity index (χ1n) is 10.1. The summed E-state index contributed by atoms with van der Waals surface area (Å²) >= 11 is 6.22. The van der Waals surface area contributed by atoms with Crippen molar-refractivity contribution in [2.75, 3.05) is 31.1 Å². The van der Waals surface area contributed by atoms with Gasteiger partial charge in [0.15, 0.2) is 0 Å². The van der Waals surface area contributed by atoms with E-state index in [9.17, 15) is 4.79 Å².